The Morgan fingerprint density at radius 1 is 1.12 bits per heavy atom. The number of aliphatic hydroxyl groups excluding tert-OH is 1. The molecule has 0 radical (unpaired) electrons. The van der Waals surface area contributed by atoms with Crippen LogP contribution >= 0.6 is 0 Å². The first-order valence-corrected chi connectivity index (χ1v) is 11.9. The molecule has 2 aromatic rings. The summed E-state index contributed by atoms with van der Waals surface area (Å²) >= 11 is 0. The van der Waals surface area contributed by atoms with E-state index in [0.29, 0.717) is 13.2 Å². The Labute approximate surface area is 187 Å². The highest BCUT2D eigenvalue weighted by Gasteiger charge is 2.29. The smallest absolute Gasteiger partial charge is 0.267 e. The molecule has 2 aromatic heterocycles. The number of hydrogen-bond donors (Lipinski definition) is 2. The number of nitrogens with zero attached hydrogens (tertiary/aromatic N) is 5. The van der Waals surface area contributed by atoms with Crippen molar-refractivity contribution in [3.8, 4) is 0 Å². The number of hydrogen-bond acceptors (Lipinski definition) is 8. The van der Waals surface area contributed by atoms with E-state index in [2.05, 4.69) is 20.4 Å². The molecule has 9 nitrogen and oxygen atoms in total. The zero-order valence-electron chi connectivity index (χ0n) is 18.4. The van der Waals surface area contributed by atoms with Gasteiger partial charge in [0, 0.05) is 37.2 Å². The van der Waals surface area contributed by atoms with Gasteiger partial charge in [-0.25, -0.2) is 4.68 Å². The third-order valence-corrected chi connectivity index (χ3v) is 6.96. The lowest BCUT2D eigenvalue weighted by atomic mass is 9.93. The molecule has 2 N–H and O–H groups in total. The van der Waals surface area contributed by atoms with E-state index in [4.69, 9.17) is 9.84 Å². The van der Waals surface area contributed by atoms with Crippen LogP contribution < -0.4 is 15.8 Å². The Kier molecular flexibility index (Phi) is 6.36. The zero-order chi connectivity index (χ0) is 21.9. The van der Waals surface area contributed by atoms with Gasteiger partial charge in [-0.3, -0.25) is 4.79 Å². The van der Waals surface area contributed by atoms with Crippen LogP contribution in [0.25, 0.3) is 0 Å². The maximum atomic E-state index is 12.5. The van der Waals surface area contributed by atoms with Gasteiger partial charge in [0.1, 0.15) is 11.6 Å². The van der Waals surface area contributed by atoms with Crippen molar-refractivity contribution in [2.24, 2.45) is 0 Å². The van der Waals surface area contributed by atoms with Gasteiger partial charge in [-0.1, -0.05) is 12.8 Å². The van der Waals surface area contributed by atoms with Gasteiger partial charge >= 0.3 is 0 Å². The molecule has 3 unspecified atom stereocenters. The Hall–Kier alpha value is -2.52. The van der Waals surface area contributed by atoms with Gasteiger partial charge in [0.25, 0.3) is 5.56 Å². The van der Waals surface area contributed by atoms with Gasteiger partial charge in [0.05, 0.1) is 31.1 Å². The van der Waals surface area contributed by atoms with Gasteiger partial charge in [0.2, 0.25) is 0 Å². The van der Waals surface area contributed by atoms with Gasteiger partial charge in [-0.2, -0.15) is 10.2 Å². The van der Waals surface area contributed by atoms with Crippen molar-refractivity contribution in [2.45, 2.75) is 76.2 Å². The van der Waals surface area contributed by atoms with Crippen LogP contribution in [0.4, 0.5) is 11.6 Å². The van der Waals surface area contributed by atoms with E-state index in [-0.39, 0.29) is 17.6 Å². The van der Waals surface area contributed by atoms with Gasteiger partial charge in [-0.15, -0.1) is 5.10 Å². The molecular formula is C23H32N6O3. The van der Waals surface area contributed by atoms with Crippen LogP contribution in [0.3, 0.4) is 0 Å². The summed E-state index contributed by atoms with van der Waals surface area (Å²) < 4.78 is 7.06. The highest BCUT2D eigenvalue weighted by molar-refractivity contribution is 5.42. The van der Waals surface area contributed by atoms with Crippen molar-refractivity contribution < 1.29 is 9.84 Å². The normalized spacial score (nSPS) is 25.9. The van der Waals surface area contributed by atoms with Crippen molar-refractivity contribution in [1.29, 1.82) is 0 Å². The third kappa shape index (κ3) is 4.49. The van der Waals surface area contributed by atoms with E-state index < -0.39 is 6.10 Å². The zero-order valence-corrected chi connectivity index (χ0v) is 18.4. The standard InChI is InChI=1S/C23H32N6O3/c30-20-7-2-1-6-19(20)29-23(31)9-8-22(27-29)28-11-4-3-5-17(28)14-24-21-13-16-15-32-12-10-18(16)25-26-21/h8-9,13,17,19-20,30H,1-7,10-12,14-15H2,(H,24,26). The van der Waals surface area contributed by atoms with Crippen molar-refractivity contribution in [2.75, 3.05) is 29.9 Å². The maximum Gasteiger partial charge on any atom is 0.267 e. The summed E-state index contributed by atoms with van der Waals surface area (Å²) in [6, 6.07) is 5.47. The van der Waals surface area contributed by atoms with Crippen molar-refractivity contribution in [3.63, 3.8) is 0 Å². The Morgan fingerprint density at radius 3 is 2.91 bits per heavy atom. The monoisotopic (exact) mass is 440 g/mol. The molecule has 32 heavy (non-hydrogen) atoms. The second-order valence-corrected chi connectivity index (χ2v) is 9.12. The number of piperidine rings is 1. The molecule has 9 heteroatoms. The predicted octanol–water partition coefficient (Wildman–Crippen LogP) is 2.05. The summed E-state index contributed by atoms with van der Waals surface area (Å²) in [6.07, 6.45) is 7.15. The Morgan fingerprint density at radius 2 is 2.00 bits per heavy atom. The van der Waals surface area contributed by atoms with E-state index in [9.17, 15) is 9.90 Å². The molecule has 3 atom stereocenters. The minimum Gasteiger partial charge on any atom is -0.391 e. The topological polar surface area (TPSA) is 105 Å². The van der Waals surface area contributed by atoms with Crippen molar-refractivity contribution >= 4 is 11.6 Å². The molecule has 0 bridgehead atoms. The van der Waals surface area contributed by atoms with Crippen LogP contribution in [0.2, 0.25) is 0 Å². The molecule has 2 aliphatic heterocycles. The highest BCUT2D eigenvalue weighted by atomic mass is 16.5. The van der Waals surface area contributed by atoms with Crippen molar-refractivity contribution in [1.82, 2.24) is 20.0 Å². The quantitative estimate of drug-likeness (QED) is 0.728. The number of anilines is 2. The van der Waals surface area contributed by atoms with E-state index >= 15 is 0 Å². The van der Waals surface area contributed by atoms with Crippen LogP contribution in [0, 0.1) is 0 Å². The summed E-state index contributed by atoms with van der Waals surface area (Å²) in [5, 5.41) is 27.3. The number of fused-ring (bicyclic) bond motifs is 1. The van der Waals surface area contributed by atoms with E-state index in [1.54, 1.807) is 6.07 Å². The average molecular weight is 441 g/mol. The number of nitrogens with one attached hydrogen (secondary N) is 1. The summed E-state index contributed by atoms with van der Waals surface area (Å²) in [6.45, 7) is 2.92. The van der Waals surface area contributed by atoms with Gasteiger partial charge in [-0.05, 0) is 44.2 Å². The number of aromatic nitrogens is 4. The number of ether oxygens (including phenoxy) is 1. The van der Waals surface area contributed by atoms with Gasteiger partial charge in [0.15, 0.2) is 0 Å². The largest absolute Gasteiger partial charge is 0.391 e. The first-order chi connectivity index (χ1) is 15.7. The van der Waals surface area contributed by atoms with Crippen LogP contribution in [-0.2, 0) is 17.8 Å². The fraction of sp³-hybridized carbons (Fsp3) is 0.652. The molecule has 5 rings (SSSR count). The van der Waals surface area contributed by atoms with Crippen LogP contribution in [0.1, 0.15) is 62.2 Å². The summed E-state index contributed by atoms with van der Waals surface area (Å²) in [4.78, 5) is 14.8. The molecule has 1 saturated carbocycles. The van der Waals surface area contributed by atoms with Crippen LogP contribution in [0.5, 0.6) is 0 Å². The van der Waals surface area contributed by atoms with Crippen LogP contribution in [-0.4, -0.2) is 56.9 Å². The lowest BCUT2D eigenvalue weighted by Gasteiger charge is -2.37. The summed E-state index contributed by atoms with van der Waals surface area (Å²) in [5.41, 5.74) is 1.99. The minimum absolute atomic E-state index is 0.141. The molecule has 1 aliphatic carbocycles. The fourth-order valence-electron chi connectivity index (χ4n) is 5.15. The molecule has 0 aromatic carbocycles. The fourth-order valence-corrected chi connectivity index (χ4v) is 5.15. The first kappa shape index (κ1) is 21.3. The average Bonchev–Trinajstić information content (AvgIpc) is 2.84. The maximum absolute atomic E-state index is 12.5. The van der Waals surface area contributed by atoms with Crippen LogP contribution in [0.15, 0.2) is 23.0 Å². The molecule has 3 aliphatic rings. The van der Waals surface area contributed by atoms with Gasteiger partial charge < -0.3 is 20.1 Å². The highest BCUT2D eigenvalue weighted by Crippen LogP contribution is 2.28. The van der Waals surface area contributed by atoms with Crippen molar-refractivity contribution in [3.05, 3.63) is 39.8 Å². The predicted molar refractivity (Wildman–Crippen MR) is 121 cm³/mol. The Balaban J connectivity index is 1.32. The lowest BCUT2D eigenvalue weighted by molar-refractivity contribution is 0.0669. The number of rotatable bonds is 5. The number of aliphatic hydroxyl groups is 1. The second-order valence-electron chi connectivity index (χ2n) is 9.12. The summed E-state index contributed by atoms with van der Waals surface area (Å²) in [7, 11) is 0. The van der Waals surface area contributed by atoms with E-state index in [0.717, 1.165) is 87.3 Å². The first-order valence-electron chi connectivity index (χ1n) is 11.9. The lowest BCUT2D eigenvalue weighted by Crippen LogP contribution is -2.45. The summed E-state index contributed by atoms with van der Waals surface area (Å²) in [5.74, 6) is 1.57. The molecule has 4 heterocycles. The molecule has 2 fully saturated rings. The SMILES string of the molecule is O=c1ccc(N2CCCCC2CNc2cc3c(nn2)CCOC3)nn1C1CCCCC1O. The molecular weight excluding hydrogens is 408 g/mol. The Bertz CT molecular complexity index is 996. The second kappa shape index (κ2) is 9.54. The van der Waals surface area contributed by atoms with E-state index in [1.165, 1.54) is 4.68 Å². The molecule has 0 spiro atoms. The van der Waals surface area contributed by atoms with E-state index in [1.807, 2.05) is 12.1 Å². The minimum atomic E-state index is -0.505. The molecule has 1 saturated heterocycles. The molecule has 0 amide bonds. The molecule has 172 valence electrons. The third-order valence-electron chi connectivity index (χ3n) is 6.96.